The Morgan fingerprint density at radius 3 is 1.76 bits per heavy atom. The molecule has 17 heavy (non-hydrogen) atoms. The predicted octanol–water partition coefficient (Wildman–Crippen LogP) is 2.29. The molecule has 0 aliphatic carbocycles. The molecule has 0 aromatic heterocycles. The van der Waals surface area contributed by atoms with Gasteiger partial charge in [0.1, 0.15) is 22.6 Å². The Kier molecular flexibility index (Phi) is 5.05. The van der Waals surface area contributed by atoms with Crippen molar-refractivity contribution in [3.63, 3.8) is 0 Å². The SMILES string of the molecule is CC(=O)CC[C@](C)(C(C)=O)C(=O)OC(C)(C)C. The fourth-order valence-electron chi connectivity index (χ4n) is 1.24. The molecule has 0 heterocycles. The van der Waals surface area contributed by atoms with Crippen LogP contribution in [0.3, 0.4) is 0 Å². The topological polar surface area (TPSA) is 60.4 Å². The second-order valence-electron chi connectivity index (χ2n) is 5.59. The van der Waals surface area contributed by atoms with E-state index in [-0.39, 0.29) is 24.4 Å². The molecule has 4 nitrogen and oxygen atoms in total. The maximum Gasteiger partial charge on any atom is 0.319 e. The number of rotatable bonds is 5. The van der Waals surface area contributed by atoms with Crippen LogP contribution >= 0.6 is 0 Å². The lowest BCUT2D eigenvalue weighted by Crippen LogP contribution is -2.40. The molecule has 0 aliphatic heterocycles. The Morgan fingerprint density at radius 1 is 1.00 bits per heavy atom. The molecule has 98 valence electrons. The zero-order valence-electron chi connectivity index (χ0n) is 11.5. The predicted molar refractivity (Wildman–Crippen MR) is 64.5 cm³/mol. The molecule has 0 amide bonds. The molecular weight excluding hydrogens is 220 g/mol. The van der Waals surface area contributed by atoms with Crippen molar-refractivity contribution >= 4 is 17.5 Å². The number of Topliss-reactive ketones (excluding diaryl/α,β-unsaturated/α-hetero) is 2. The average molecular weight is 242 g/mol. The molecule has 0 saturated heterocycles. The molecular formula is C13H22O4. The van der Waals surface area contributed by atoms with Gasteiger partial charge < -0.3 is 9.53 Å². The molecule has 0 bridgehead atoms. The zero-order chi connectivity index (χ0) is 13.9. The van der Waals surface area contributed by atoms with Crippen LogP contribution in [0.5, 0.6) is 0 Å². The highest BCUT2D eigenvalue weighted by Crippen LogP contribution is 2.28. The number of carbonyl (C=O) groups excluding carboxylic acids is 3. The third kappa shape index (κ3) is 5.11. The Bertz CT molecular complexity index is 325. The van der Waals surface area contributed by atoms with Crippen LogP contribution in [0.2, 0.25) is 0 Å². The van der Waals surface area contributed by atoms with Crippen LogP contribution in [0.1, 0.15) is 54.4 Å². The van der Waals surface area contributed by atoms with Crippen molar-refractivity contribution in [3.05, 3.63) is 0 Å². The molecule has 0 aromatic carbocycles. The first-order valence-electron chi connectivity index (χ1n) is 5.73. The summed E-state index contributed by atoms with van der Waals surface area (Å²) in [6.07, 6.45) is 0.405. The van der Waals surface area contributed by atoms with E-state index in [0.717, 1.165) is 0 Å². The minimum atomic E-state index is -1.22. The lowest BCUT2D eigenvalue weighted by atomic mass is 9.81. The quantitative estimate of drug-likeness (QED) is 0.548. The smallest absolute Gasteiger partial charge is 0.319 e. The summed E-state index contributed by atoms with van der Waals surface area (Å²) in [5.41, 5.74) is -1.86. The molecule has 0 saturated carbocycles. The van der Waals surface area contributed by atoms with Crippen LogP contribution < -0.4 is 0 Å². The number of hydrogen-bond acceptors (Lipinski definition) is 4. The van der Waals surface area contributed by atoms with Gasteiger partial charge >= 0.3 is 5.97 Å². The number of hydrogen-bond donors (Lipinski definition) is 0. The Morgan fingerprint density at radius 2 is 1.47 bits per heavy atom. The van der Waals surface area contributed by atoms with Crippen molar-refractivity contribution in [1.82, 2.24) is 0 Å². The standard InChI is InChI=1S/C13H22O4/c1-9(14)7-8-13(6,10(2)15)11(16)17-12(3,4)5/h7-8H2,1-6H3/t13-/m1/s1. The summed E-state index contributed by atoms with van der Waals surface area (Å²) in [7, 11) is 0. The maximum absolute atomic E-state index is 12.0. The Labute approximate surface area is 103 Å². The van der Waals surface area contributed by atoms with Crippen LogP contribution in [0.4, 0.5) is 0 Å². The van der Waals surface area contributed by atoms with Crippen LogP contribution in [0, 0.1) is 5.41 Å². The van der Waals surface area contributed by atoms with E-state index >= 15 is 0 Å². The van der Waals surface area contributed by atoms with Gasteiger partial charge in [0.25, 0.3) is 0 Å². The van der Waals surface area contributed by atoms with Crippen molar-refractivity contribution in [3.8, 4) is 0 Å². The number of esters is 1. The van der Waals surface area contributed by atoms with Crippen LogP contribution in [-0.2, 0) is 19.1 Å². The van der Waals surface area contributed by atoms with Crippen LogP contribution in [-0.4, -0.2) is 23.1 Å². The monoisotopic (exact) mass is 242 g/mol. The van der Waals surface area contributed by atoms with E-state index < -0.39 is 17.0 Å². The van der Waals surface area contributed by atoms with Gasteiger partial charge in [-0.25, -0.2) is 0 Å². The molecule has 0 fully saturated rings. The van der Waals surface area contributed by atoms with E-state index in [1.807, 2.05) is 0 Å². The summed E-state index contributed by atoms with van der Waals surface area (Å²) in [4.78, 5) is 34.5. The Balaban J connectivity index is 4.88. The number of ether oxygens (including phenoxy) is 1. The van der Waals surface area contributed by atoms with Gasteiger partial charge in [0.2, 0.25) is 0 Å². The molecule has 0 radical (unpaired) electrons. The molecule has 0 rings (SSSR count). The largest absolute Gasteiger partial charge is 0.459 e. The highest BCUT2D eigenvalue weighted by atomic mass is 16.6. The molecule has 4 heteroatoms. The minimum Gasteiger partial charge on any atom is -0.459 e. The normalized spacial score (nSPS) is 14.9. The van der Waals surface area contributed by atoms with Gasteiger partial charge in [0.05, 0.1) is 0 Å². The van der Waals surface area contributed by atoms with Crippen molar-refractivity contribution in [2.45, 2.75) is 60.0 Å². The summed E-state index contributed by atoms with van der Waals surface area (Å²) in [5.74, 6) is -0.868. The second-order valence-corrected chi connectivity index (χ2v) is 5.59. The lowest BCUT2D eigenvalue weighted by molar-refractivity contribution is -0.169. The summed E-state index contributed by atoms with van der Waals surface area (Å²) in [6, 6.07) is 0. The van der Waals surface area contributed by atoms with Crippen molar-refractivity contribution in [2.75, 3.05) is 0 Å². The fraction of sp³-hybridized carbons (Fsp3) is 0.769. The summed E-state index contributed by atoms with van der Waals surface area (Å²) in [5, 5.41) is 0. The molecule has 0 aromatic rings. The molecule has 0 N–H and O–H groups in total. The van der Waals surface area contributed by atoms with Gasteiger partial charge in [-0.05, 0) is 48.0 Å². The van der Waals surface area contributed by atoms with Gasteiger partial charge in [-0.1, -0.05) is 0 Å². The van der Waals surface area contributed by atoms with Gasteiger partial charge in [-0.3, -0.25) is 9.59 Å². The highest BCUT2D eigenvalue weighted by molar-refractivity contribution is 6.02. The summed E-state index contributed by atoms with van der Waals surface area (Å²) in [6.45, 7) is 9.56. The van der Waals surface area contributed by atoms with Crippen molar-refractivity contribution in [1.29, 1.82) is 0 Å². The van der Waals surface area contributed by atoms with Gasteiger partial charge in [0, 0.05) is 6.42 Å². The van der Waals surface area contributed by atoms with E-state index in [9.17, 15) is 14.4 Å². The van der Waals surface area contributed by atoms with E-state index in [1.165, 1.54) is 20.8 Å². The minimum absolute atomic E-state index is 0.0407. The van der Waals surface area contributed by atoms with E-state index in [4.69, 9.17) is 4.74 Å². The van der Waals surface area contributed by atoms with E-state index in [1.54, 1.807) is 20.8 Å². The average Bonchev–Trinajstić information content (AvgIpc) is 2.10. The number of carbonyl (C=O) groups is 3. The fourth-order valence-corrected chi connectivity index (χ4v) is 1.24. The zero-order valence-corrected chi connectivity index (χ0v) is 11.5. The maximum atomic E-state index is 12.0. The van der Waals surface area contributed by atoms with Gasteiger partial charge in [-0.15, -0.1) is 0 Å². The first kappa shape index (κ1) is 15.8. The molecule has 1 atom stereocenters. The second kappa shape index (κ2) is 5.43. The number of ketones is 2. The third-order valence-corrected chi connectivity index (χ3v) is 2.60. The molecule has 0 aliphatic rings. The summed E-state index contributed by atoms with van der Waals surface area (Å²) >= 11 is 0. The van der Waals surface area contributed by atoms with Gasteiger partial charge in [-0.2, -0.15) is 0 Å². The first-order valence-corrected chi connectivity index (χ1v) is 5.73. The van der Waals surface area contributed by atoms with E-state index in [0.29, 0.717) is 0 Å². The highest BCUT2D eigenvalue weighted by Gasteiger charge is 2.41. The van der Waals surface area contributed by atoms with Crippen molar-refractivity contribution < 1.29 is 19.1 Å². The first-order chi connectivity index (χ1) is 7.49. The van der Waals surface area contributed by atoms with Gasteiger partial charge in [0.15, 0.2) is 0 Å². The lowest BCUT2D eigenvalue weighted by Gasteiger charge is -2.29. The Hall–Kier alpha value is -1.19. The molecule has 0 spiro atoms. The van der Waals surface area contributed by atoms with Crippen molar-refractivity contribution in [2.24, 2.45) is 5.41 Å². The third-order valence-electron chi connectivity index (χ3n) is 2.60. The van der Waals surface area contributed by atoms with Crippen LogP contribution in [0.25, 0.3) is 0 Å². The summed E-state index contributed by atoms with van der Waals surface area (Å²) < 4.78 is 5.23. The molecule has 0 unspecified atom stereocenters. The van der Waals surface area contributed by atoms with E-state index in [2.05, 4.69) is 0 Å². The van der Waals surface area contributed by atoms with Crippen LogP contribution in [0.15, 0.2) is 0 Å².